The van der Waals surface area contributed by atoms with E-state index in [0.29, 0.717) is 17.8 Å². The molecule has 0 aliphatic carbocycles. The van der Waals surface area contributed by atoms with Gasteiger partial charge in [-0.05, 0) is 42.3 Å². The van der Waals surface area contributed by atoms with Gasteiger partial charge in [-0.25, -0.2) is 0 Å². The summed E-state index contributed by atoms with van der Waals surface area (Å²) in [6.45, 7) is 2.04. The van der Waals surface area contributed by atoms with Gasteiger partial charge in [0.1, 0.15) is 0 Å². The monoisotopic (exact) mass is 245 g/mol. The number of H-pyrrole nitrogens is 1. The Bertz CT molecular complexity index is 522. The van der Waals surface area contributed by atoms with E-state index in [0.717, 1.165) is 11.3 Å². The summed E-state index contributed by atoms with van der Waals surface area (Å²) in [5.74, 6) is 0. The largest absolute Gasteiger partial charge is 0.399 e. The van der Waals surface area contributed by atoms with E-state index in [1.807, 2.05) is 31.3 Å². The molecule has 6 N–H and O–H groups in total. The minimum Gasteiger partial charge on any atom is -0.399 e. The summed E-state index contributed by atoms with van der Waals surface area (Å²) >= 11 is 0. The minimum absolute atomic E-state index is 0.0434. The number of benzene rings is 1. The van der Waals surface area contributed by atoms with Gasteiger partial charge < -0.3 is 21.6 Å². The third kappa shape index (κ3) is 2.33. The number of rotatable bonds is 4. The second-order valence-corrected chi connectivity index (χ2v) is 4.94. The van der Waals surface area contributed by atoms with Crippen LogP contribution in [-0.4, -0.2) is 16.7 Å². The molecule has 0 radical (unpaired) electrons. The van der Waals surface area contributed by atoms with Crippen LogP contribution in [0.2, 0.25) is 0 Å². The second kappa shape index (κ2) is 4.74. The Morgan fingerprint density at radius 1 is 1.28 bits per heavy atom. The van der Waals surface area contributed by atoms with Crippen molar-refractivity contribution in [3.05, 3.63) is 47.8 Å². The summed E-state index contributed by atoms with van der Waals surface area (Å²) in [5.41, 5.74) is 14.7. The van der Waals surface area contributed by atoms with E-state index in [1.165, 1.54) is 0 Å². The van der Waals surface area contributed by atoms with Crippen LogP contribution in [0.15, 0.2) is 36.5 Å². The molecule has 0 fully saturated rings. The highest BCUT2D eigenvalue weighted by Crippen LogP contribution is 2.29. The number of aliphatic hydroxyl groups is 1. The molecule has 1 aromatic heterocycles. The van der Waals surface area contributed by atoms with Gasteiger partial charge in [0.25, 0.3) is 0 Å². The summed E-state index contributed by atoms with van der Waals surface area (Å²) in [6.07, 6.45) is 2.49. The number of anilines is 2. The Labute approximate surface area is 107 Å². The Balaban J connectivity index is 2.33. The SMILES string of the molecule is CC(CO)(Cc1cc(N)ccc1N)c1ccc[nH]1. The number of aliphatic hydroxyl groups excluding tert-OH is 1. The predicted molar refractivity (Wildman–Crippen MR) is 74.2 cm³/mol. The van der Waals surface area contributed by atoms with Gasteiger partial charge in [0.15, 0.2) is 0 Å². The molecule has 2 rings (SSSR count). The molecule has 0 aliphatic rings. The zero-order valence-corrected chi connectivity index (χ0v) is 10.5. The van der Waals surface area contributed by atoms with Crippen molar-refractivity contribution in [1.82, 2.24) is 4.98 Å². The van der Waals surface area contributed by atoms with Gasteiger partial charge >= 0.3 is 0 Å². The lowest BCUT2D eigenvalue weighted by Gasteiger charge is -2.27. The molecule has 2 aromatic rings. The fraction of sp³-hybridized carbons (Fsp3) is 0.286. The van der Waals surface area contributed by atoms with Crippen molar-refractivity contribution >= 4 is 11.4 Å². The van der Waals surface area contributed by atoms with Crippen LogP contribution in [-0.2, 0) is 11.8 Å². The average Bonchev–Trinajstić information content (AvgIpc) is 2.88. The molecule has 0 bridgehead atoms. The van der Waals surface area contributed by atoms with E-state index < -0.39 is 0 Å². The molecule has 0 aliphatic heterocycles. The number of aromatic amines is 1. The maximum atomic E-state index is 9.69. The first-order valence-electron chi connectivity index (χ1n) is 5.94. The molecule has 4 nitrogen and oxygen atoms in total. The molecule has 4 heteroatoms. The zero-order valence-electron chi connectivity index (χ0n) is 10.5. The van der Waals surface area contributed by atoms with Gasteiger partial charge in [0.2, 0.25) is 0 Å². The minimum atomic E-state index is -0.384. The molecule has 18 heavy (non-hydrogen) atoms. The highest BCUT2D eigenvalue weighted by molar-refractivity contribution is 5.56. The molecule has 1 atom stereocenters. The van der Waals surface area contributed by atoms with Crippen LogP contribution in [0.4, 0.5) is 11.4 Å². The van der Waals surface area contributed by atoms with Crippen LogP contribution < -0.4 is 11.5 Å². The van der Waals surface area contributed by atoms with E-state index >= 15 is 0 Å². The Hall–Kier alpha value is -1.94. The molecule has 96 valence electrons. The van der Waals surface area contributed by atoms with E-state index in [-0.39, 0.29) is 12.0 Å². The van der Waals surface area contributed by atoms with E-state index in [2.05, 4.69) is 4.98 Å². The molecule has 1 heterocycles. The van der Waals surface area contributed by atoms with Gasteiger partial charge in [-0.2, -0.15) is 0 Å². The third-order valence-electron chi connectivity index (χ3n) is 3.34. The Kier molecular flexibility index (Phi) is 3.30. The second-order valence-electron chi connectivity index (χ2n) is 4.94. The smallest absolute Gasteiger partial charge is 0.0542 e. The van der Waals surface area contributed by atoms with E-state index in [1.54, 1.807) is 12.1 Å². The summed E-state index contributed by atoms with van der Waals surface area (Å²) in [4.78, 5) is 3.15. The highest BCUT2D eigenvalue weighted by Gasteiger charge is 2.28. The van der Waals surface area contributed by atoms with Crippen LogP contribution in [0.25, 0.3) is 0 Å². The third-order valence-corrected chi connectivity index (χ3v) is 3.34. The maximum absolute atomic E-state index is 9.69. The summed E-state index contributed by atoms with van der Waals surface area (Å²) in [7, 11) is 0. The van der Waals surface area contributed by atoms with Gasteiger partial charge in [0.05, 0.1) is 6.61 Å². The number of nitrogens with two attached hydrogens (primary N) is 2. The number of hydrogen-bond acceptors (Lipinski definition) is 3. The number of aromatic nitrogens is 1. The molecule has 0 spiro atoms. The first kappa shape index (κ1) is 12.5. The zero-order chi connectivity index (χ0) is 13.2. The fourth-order valence-electron chi connectivity index (χ4n) is 2.14. The summed E-state index contributed by atoms with van der Waals surface area (Å²) in [5, 5.41) is 9.69. The van der Waals surface area contributed by atoms with Gasteiger partial charge in [-0.15, -0.1) is 0 Å². The molecule has 0 amide bonds. The number of nitrogens with one attached hydrogen (secondary N) is 1. The van der Waals surface area contributed by atoms with Crippen molar-refractivity contribution in [2.45, 2.75) is 18.8 Å². The van der Waals surface area contributed by atoms with Gasteiger partial charge in [-0.1, -0.05) is 6.92 Å². The van der Waals surface area contributed by atoms with Crippen molar-refractivity contribution in [2.24, 2.45) is 0 Å². The topological polar surface area (TPSA) is 88.1 Å². The van der Waals surface area contributed by atoms with Crippen molar-refractivity contribution in [2.75, 3.05) is 18.1 Å². The van der Waals surface area contributed by atoms with Gasteiger partial charge in [-0.3, -0.25) is 0 Å². The molecule has 0 saturated heterocycles. The predicted octanol–water partition coefficient (Wildman–Crippen LogP) is 1.67. The molecule has 1 aromatic carbocycles. The van der Waals surface area contributed by atoms with Crippen LogP contribution in [0, 0.1) is 0 Å². The summed E-state index contributed by atoms with van der Waals surface area (Å²) in [6, 6.07) is 9.35. The Morgan fingerprint density at radius 2 is 2.06 bits per heavy atom. The maximum Gasteiger partial charge on any atom is 0.0542 e. The van der Waals surface area contributed by atoms with Crippen molar-refractivity contribution in [3.63, 3.8) is 0 Å². The average molecular weight is 245 g/mol. The lowest BCUT2D eigenvalue weighted by molar-refractivity contribution is 0.202. The van der Waals surface area contributed by atoms with Crippen LogP contribution in [0.3, 0.4) is 0 Å². The molecule has 1 unspecified atom stereocenters. The van der Waals surface area contributed by atoms with E-state index in [9.17, 15) is 5.11 Å². The Morgan fingerprint density at radius 3 is 2.67 bits per heavy atom. The number of hydrogen-bond donors (Lipinski definition) is 4. The molecular formula is C14H19N3O. The van der Waals surface area contributed by atoms with Crippen molar-refractivity contribution in [3.8, 4) is 0 Å². The quantitative estimate of drug-likeness (QED) is 0.618. The van der Waals surface area contributed by atoms with E-state index in [4.69, 9.17) is 11.5 Å². The standard InChI is InChI=1S/C14H19N3O/c1-14(9-18,13-3-2-6-17-13)8-10-7-11(15)4-5-12(10)16/h2-7,17-18H,8-9,15-16H2,1H3. The van der Waals surface area contributed by atoms with Crippen LogP contribution in [0.5, 0.6) is 0 Å². The normalized spacial score (nSPS) is 14.3. The first-order valence-corrected chi connectivity index (χ1v) is 5.94. The lowest BCUT2D eigenvalue weighted by Crippen LogP contribution is -2.30. The molecule has 0 saturated carbocycles. The van der Waals surface area contributed by atoms with Crippen molar-refractivity contribution < 1.29 is 5.11 Å². The summed E-state index contributed by atoms with van der Waals surface area (Å²) < 4.78 is 0. The van der Waals surface area contributed by atoms with Crippen LogP contribution in [0.1, 0.15) is 18.2 Å². The fourth-order valence-corrected chi connectivity index (χ4v) is 2.14. The van der Waals surface area contributed by atoms with Crippen molar-refractivity contribution in [1.29, 1.82) is 0 Å². The first-order chi connectivity index (χ1) is 8.55. The lowest BCUT2D eigenvalue weighted by atomic mass is 9.81. The van der Waals surface area contributed by atoms with Gasteiger partial charge in [0, 0.05) is 28.7 Å². The molecular weight excluding hydrogens is 226 g/mol. The number of nitrogen functional groups attached to an aromatic ring is 2. The highest BCUT2D eigenvalue weighted by atomic mass is 16.3. The van der Waals surface area contributed by atoms with Crippen LogP contribution >= 0.6 is 0 Å².